The van der Waals surface area contributed by atoms with Gasteiger partial charge in [0.1, 0.15) is 16.5 Å². The van der Waals surface area contributed by atoms with Crippen molar-refractivity contribution in [3.63, 3.8) is 0 Å². The fourth-order valence-corrected chi connectivity index (χ4v) is 5.01. The van der Waals surface area contributed by atoms with E-state index in [4.69, 9.17) is 0 Å². The van der Waals surface area contributed by atoms with E-state index in [-0.39, 0.29) is 0 Å². The monoisotopic (exact) mass is 311 g/mol. The maximum absolute atomic E-state index is 3.35. The molecule has 0 N–H and O–H groups in total. The first-order valence-electron chi connectivity index (χ1n) is 7.40. The topological polar surface area (TPSA) is 6.48 Å². The Hall–Kier alpha value is -1.38. The summed E-state index contributed by atoms with van der Waals surface area (Å²) in [6, 6.07) is 0. The van der Waals surface area contributed by atoms with Crippen LogP contribution in [0.2, 0.25) is 39.3 Å². The van der Waals surface area contributed by atoms with Gasteiger partial charge < -0.3 is 8.95 Å². The van der Waals surface area contributed by atoms with Crippen LogP contribution in [0.15, 0.2) is 59.3 Å². The number of hydrogen-bond donors (Lipinski definition) is 0. The summed E-state index contributed by atoms with van der Waals surface area (Å²) < 4.78 is 4.87. The maximum atomic E-state index is 3.35. The third-order valence-electron chi connectivity index (χ3n) is 3.36. The molecule has 0 unspecified atom stereocenters. The molecule has 5 heteroatoms. The highest BCUT2D eigenvalue weighted by molar-refractivity contribution is 6.84. The molecular formula is C16H24BN2Si2. The minimum Gasteiger partial charge on any atom is -0.421 e. The molecule has 2 nitrogen and oxygen atoms in total. The van der Waals surface area contributed by atoms with E-state index in [2.05, 4.69) is 91.6 Å². The van der Waals surface area contributed by atoms with E-state index in [0.717, 1.165) is 0 Å². The fraction of sp³-hybridized carbons (Fsp3) is 0.375. The largest absolute Gasteiger partial charge is 0.421 e. The third kappa shape index (κ3) is 3.83. The van der Waals surface area contributed by atoms with Crippen molar-refractivity contribution in [2.45, 2.75) is 39.3 Å². The van der Waals surface area contributed by atoms with Crippen molar-refractivity contribution in [1.29, 1.82) is 0 Å². The molecule has 2 aliphatic carbocycles. The van der Waals surface area contributed by atoms with E-state index in [0.29, 0.717) is 0 Å². The van der Waals surface area contributed by atoms with Gasteiger partial charge in [0.2, 0.25) is 0 Å². The molecule has 0 aliphatic heterocycles. The van der Waals surface area contributed by atoms with Gasteiger partial charge in [0, 0.05) is 0 Å². The average molecular weight is 311 g/mol. The van der Waals surface area contributed by atoms with E-state index in [9.17, 15) is 0 Å². The van der Waals surface area contributed by atoms with E-state index in [1.54, 1.807) is 0 Å². The second kappa shape index (κ2) is 5.78. The van der Waals surface area contributed by atoms with Crippen LogP contribution in [0.1, 0.15) is 0 Å². The van der Waals surface area contributed by atoms with Gasteiger partial charge in [-0.15, -0.1) is 0 Å². The summed E-state index contributed by atoms with van der Waals surface area (Å²) in [5.74, 6) is 0. The summed E-state index contributed by atoms with van der Waals surface area (Å²) in [4.78, 5) is 0. The van der Waals surface area contributed by atoms with Crippen molar-refractivity contribution in [3.05, 3.63) is 59.3 Å². The molecular weight excluding hydrogens is 287 g/mol. The molecule has 0 spiro atoms. The van der Waals surface area contributed by atoms with Gasteiger partial charge >= 0.3 is 7.55 Å². The lowest BCUT2D eigenvalue weighted by Crippen LogP contribution is -2.58. The van der Waals surface area contributed by atoms with Gasteiger partial charge in [-0.1, -0.05) is 62.9 Å². The molecule has 109 valence electrons. The van der Waals surface area contributed by atoms with Crippen molar-refractivity contribution in [3.8, 4) is 0 Å². The molecule has 0 saturated heterocycles. The first-order chi connectivity index (χ1) is 9.69. The molecule has 0 aromatic heterocycles. The smallest absolute Gasteiger partial charge is 0.374 e. The minimum absolute atomic E-state index is 1.17. The Morgan fingerprint density at radius 2 is 1.14 bits per heavy atom. The molecule has 0 amide bonds. The number of allylic oxidation sites excluding steroid dienone is 4. The van der Waals surface area contributed by atoms with Crippen LogP contribution in [-0.2, 0) is 0 Å². The van der Waals surface area contributed by atoms with Crippen LogP contribution in [-0.4, -0.2) is 33.0 Å². The van der Waals surface area contributed by atoms with Crippen molar-refractivity contribution in [2.75, 3.05) is 0 Å². The molecule has 0 aromatic rings. The fourth-order valence-electron chi connectivity index (χ4n) is 2.25. The zero-order valence-corrected chi connectivity index (χ0v) is 15.9. The summed E-state index contributed by atoms with van der Waals surface area (Å²) in [6.07, 6.45) is 12.4. The Morgan fingerprint density at radius 3 is 1.38 bits per heavy atom. The van der Waals surface area contributed by atoms with Gasteiger partial charge in [-0.2, -0.15) is 0 Å². The molecule has 0 saturated carbocycles. The van der Waals surface area contributed by atoms with Crippen molar-refractivity contribution < 1.29 is 0 Å². The van der Waals surface area contributed by atoms with Crippen LogP contribution in [0.25, 0.3) is 0 Å². The summed E-state index contributed by atoms with van der Waals surface area (Å²) >= 11 is 0. The van der Waals surface area contributed by atoms with Crippen LogP contribution in [0.4, 0.5) is 0 Å². The highest BCUT2D eigenvalue weighted by atomic mass is 28.3. The lowest BCUT2D eigenvalue weighted by molar-refractivity contribution is 0.714. The van der Waals surface area contributed by atoms with Gasteiger partial charge in [0.25, 0.3) is 0 Å². The Kier molecular flexibility index (Phi) is 4.40. The summed E-state index contributed by atoms with van der Waals surface area (Å²) in [5.41, 5.74) is 9.05. The molecule has 0 fully saturated rings. The van der Waals surface area contributed by atoms with Crippen molar-refractivity contribution in [2.24, 2.45) is 0 Å². The molecule has 2 aliphatic rings. The van der Waals surface area contributed by atoms with Gasteiger partial charge in [0.05, 0.1) is 11.4 Å². The highest BCUT2D eigenvalue weighted by Gasteiger charge is 2.34. The molecule has 0 atom stereocenters. The van der Waals surface area contributed by atoms with Gasteiger partial charge in [0.15, 0.2) is 0 Å². The van der Waals surface area contributed by atoms with E-state index in [1.807, 2.05) is 12.2 Å². The Balaban J connectivity index is 2.33. The molecule has 2 rings (SSSR count). The minimum atomic E-state index is -1.53. The van der Waals surface area contributed by atoms with Gasteiger partial charge in [-0.25, -0.2) is 0 Å². The average Bonchev–Trinajstić information content (AvgIpc) is 2.96. The van der Waals surface area contributed by atoms with E-state index in [1.165, 1.54) is 11.4 Å². The molecule has 21 heavy (non-hydrogen) atoms. The maximum Gasteiger partial charge on any atom is 0.374 e. The number of nitrogens with zero attached hydrogens (tertiary/aromatic N) is 2. The normalized spacial score (nSPS) is 16.3. The van der Waals surface area contributed by atoms with E-state index < -0.39 is 16.5 Å². The quantitative estimate of drug-likeness (QED) is 0.540. The molecule has 0 bridgehead atoms. The number of rotatable bonds is 6. The van der Waals surface area contributed by atoms with Crippen molar-refractivity contribution in [1.82, 2.24) is 8.95 Å². The van der Waals surface area contributed by atoms with E-state index >= 15 is 0 Å². The third-order valence-corrected chi connectivity index (χ3v) is 6.96. The molecule has 0 aromatic carbocycles. The van der Waals surface area contributed by atoms with Crippen LogP contribution in [0, 0.1) is 0 Å². The molecule has 0 heterocycles. The predicted octanol–water partition coefficient (Wildman–Crippen LogP) is 4.01. The lowest BCUT2D eigenvalue weighted by atomic mass is 10.1. The number of hydrogen-bond acceptors (Lipinski definition) is 2. The Labute approximate surface area is 132 Å². The molecule has 1 radical (unpaired) electrons. The first kappa shape index (κ1) is 16.0. The van der Waals surface area contributed by atoms with Crippen LogP contribution >= 0.6 is 0 Å². The first-order valence-corrected chi connectivity index (χ1v) is 14.3. The summed E-state index contributed by atoms with van der Waals surface area (Å²) in [5, 5.41) is 0. The van der Waals surface area contributed by atoms with Crippen LogP contribution < -0.4 is 0 Å². The lowest BCUT2D eigenvalue weighted by Gasteiger charge is -2.44. The van der Waals surface area contributed by atoms with Gasteiger partial charge in [-0.05, 0) is 24.3 Å². The van der Waals surface area contributed by atoms with Crippen molar-refractivity contribution >= 4 is 24.0 Å². The second-order valence-corrected chi connectivity index (χ2v) is 17.0. The second-order valence-electron chi connectivity index (χ2n) is 7.31. The summed E-state index contributed by atoms with van der Waals surface area (Å²) in [7, 11) is -0.762. The van der Waals surface area contributed by atoms with Crippen LogP contribution in [0.5, 0.6) is 0 Å². The Bertz CT molecular complexity index is 551. The summed E-state index contributed by atoms with van der Waals surface area (Å²) in [6.45, 7) is 14.2. The van der Waals surface area contributed by atoms with Gasteiger partial charge in [-0.3, -0.25) is 0 Å². The zero-order valence-electron chi connectivity index (χ0n) is 13.9. The SMILES string of the molecule is C[Si](C)(C)N([B]N(C1=C=CC=C1)[Si](C)(C)C)C1=C=CC=C1. The highest BCUT2D eigenvalue weighted by Crippen LogP contribution is 2.24. The standard InChI is InChI=1S/C16H24BN2Si2/c1-20(2,3)18(15-11-7-8-12-15)17-19(21(4,5)6)16-13-9-10-14-16/h7-11,13H,1-6H3. The zero-order chi connectivity index (χ0) is 15.7. The predicted molar refractivity (Wildman–Crippen MR) is 97.6 cm³/mol. The van der Waals surface area contributed by atoms with Crippen LogP contribution in [0.3, 0.4) is 0 Å². The Morgan fingerprint density at radius 1 is 0.762 bits per heavy atom.